The molecule has 0 atom stereocenters. The van der Waals surface area contributed by atoms with E-state index in [0.29, 0.717) is 0 Å². The van der Waals surface area contributed by atoms with Crippen molar-refractivity contribution < 1.29 is 0 Å². The third-order valence-corrected chi connectivity index (χ3v) is 3.55. The quantitative estimate of drug-likeness (QED) is 0.687. The summed E-state index contributed by atoms with van der Waals surface area (Å²) in [5.74, 6) is 0. The highest BCUT2D eigenvalue weighted by atomic mass is 32.1. The second-order valence-electron chi connectivity index (χ2n) is 3.58. The molecule has 0 radical (unpaired) electrons. The molecule has 0 aliphatic carbocycles. The van der Waals surface area contributed by atoms with Crippen LogP contribution in [0, 0.1) is 0 Å². The Morgan fingerprint density at radius 3 is 3.07 bits per heavy atom. The Morgan fingerprint density at radius 2 is 2.29 bits per heavy atom. The molecule has 2 rings (SSSR count). The smallest absolute Gasteiger partial charge is 0.0529 e. The van der Waals surface area contributed by atoms with Crippen LogP contribution in [0.1, 0.15) is 31.1 Å². The van der Waals surface area contributed by atoms with Gasteiger partial charge in [0.15, 0.2) is 0 Å². The number of thiophene rings is 1. The second kappa shape index (κ2) is 4.56. The molecule has 0 saturated heterocycles. The minimum atomic E-state index is 1.23. The highest BCUT2D eigenvalue weighted by molar-refractivity contribution is 7.19. The zero-order valence-corrected chi connectivity index (χ0v) is 9.31. The van der Waals surface area contributed by atoms with Gasteiger partial charge in [0.1, 0.15) is 0 Å². The lowest BCUT2D eigenvalue weighted by atomic mass is 10.2. The van der Waals surface area contributed by atoms with Gasteiger partial charge in [-0.25, -0.2) is 0 Å². The first-order valence-corrected chi connectivity index (χ1v) is 6.04. The van der Waals surface area contributed by atoms with Crippen LogP contribution in [0.4, 0.5) is 0 Å². The van der Waals surface area contributed by atoms with Gasteiger partial charge in [-0.1, -0.05) is 19.8 Å². The van der Waals surface area contributed by atoms with Crippen LogP contribution >= 0.6 is 11.3 Å². The Hall–Kier alpha value is -0.890. The number of unbranched alkanes of at least 4 members (excludes halogenated alkanes) is 2. The van der Waals surface area contributed by atoms with E-state index >= 15 is 0 Å². The molecule has 1 nitrogen and oxygen atoms in total. The molecule has 0 spiro atoms. The molecule has 0 N–H and O–H groups in total. The van der Waals surface area contributed by atoms with Gasteiger partial charge in [-0.2, -0.15) is 0 Å². The van der Waals surface area contributed by atoms with Gasteiger partial charge >= 0.3 is 0 Å². The maximum Gasteiger partial charge on any atom is 0.0529 e. The van der Waals surface area contributed by atoms with Crippen molar-refractivity contribution in [1.82, 2.24) is 4.98 Å². The molecule has 0 amide bonds. The van der Waals surface area contributed by atoms with E-state index in [-0.39, 0.29) is 0 Å². The Labute approximate surface area is 88.8 Å². The molecule has 0 saturated carbocycles. The van der Waals surface area contributed by atoms with E-state index in [0.717, 1.165) is 0 Å². The third kappa shape index (κ3) is 2.13. The molecular formula is C12H15NS. The normalized spacial score (nSPS) is 10.9. The highest BCUT2D eigenvalue weighted by Gasteiger charge is 2.00. The van der Waals surface area contributed by atoms with Gasteiger partial charge in [0.2, 0.25) is 0 Å². The van der Waals surface area contributed by atoms with Gasteiger partial charge in [0.25, 0.3) is 0 Å². The van der Waals surface area contributed by atoms with Crippen molar-refractivity contribution >= 4 is 21.4 Å². The molecule has 0 unspecified atom stereocenters. The van der Waals surface area contributed by atoms with E-state index < -0.39 is 0 Å². The van der Waals surface area contributed by atoms with Crippen molar-refractivity contribution in [3.63, 3.8) is 0 Å². The maximum atomic E-state index is 4.13. The lowest BCUT2D eigenvalue weighted by Gasteiger charge is -1.93. The Bertz CT molecular complexity index is 372. The van der Waals surface area contributed by atoms with Crippen molar-refractivity contribution in [3.8, 4) is 0 Å². The van der Waals surface area contributed by atoms with Crippen molar-refractivity contribution in [2.75, 3.05) is 0 Å². The van der Waals surface area contributed by atoms with E-state index in [1.54, 1.807) is 0 Å². The molecule has 0 aromatic carbocycles. The summed E-state index contributed by atoms with van der Waals surface area (Å²) < 4.78 is 1.32. The van der Waals surface area contributed by atoms with Crippen LogP contribution in [-0.2, 0) is 6.42 Å². The Morgan fingerprint density at radius 1 is 1.36 bits per heavy atom. The summed E-state index contributed by atoms with van der Waals surface area (Å²) in [5, 5.41) is 1.34. The molecule has 0 bridgehead atoms. The van der Waals surface area contributed by atoms with E-state index in [1.807, 2.05) is 23.7 Å². The first-order valence-electron chi connectivity index (χ1n) is 5.22. The zero-order chi connectivity index (χ0) is 9.80. The second-order valence-corrected chi connectivity index (χ2v) is 4.75. The molecule has 0 aliphatic heterocycles. The molecule has 2 aromatic rings. The fraction of sp³-hybridized carbons (Fsp3) is 0.417. The van der Waals surface area contributed by atoms with Gasteiger partial charge in [-0.3, -0.25) is 4.98 Å². The number of aromatic nitrogens is 1. The minimum Gasteiger partial charge on any atom is -0.263 e. The first kappa shape index (κ1) is 9.66. The van der Waals surface area contributed by atoms with Crippen LogP contribution in [0.25, 0.3) is 10.1 Å². The number of pyridine rings is 1. The summed E-state index contributed by atoms with van der Waals surface area (Å²) in [4.78, 5) is 5.63. The van der Waals surface area contributed by atoms with E-state index in [4.69, 9.17) is 0 Å². The number of aryl methyl sites for hydroxylation is 1. The van der Waals surface area contributed by atoms with Crippen molar-refractivity contribution in [3.05, 3.63) is 29.4 Å². The van der Waals surface area contributed by atoms with Crippen molar-refractivity contribution in [1.29, 1.82) is 0 Å². The standard InChI is InChI=1S/C12H15NS/c1-2-3-4-5-11-8-10-6-7-13-9-12(10)14-11/h6-9H,2-5H2,1H3. The monoisotopic (exact) mass is 205 g/mol. The van der Waals surface area contributed by atoms with Crippen LogP contribution in [0.15, 0.2) is 24.5 Å². The predicted octanol–water partition coefficient (Wildman–Crippen LogP) is 4.03. The number of hydrogen-bond donors (Lipinski definition) is 0. The Kier molecular flexibility index (Phi) is 3.14. The predicted molar refractivity (Wildman–Crippen MR) is 62.8 cm³/mol. The molecule has 2 heteroatoms. The summed E-state index contributed by atoms with van der Waals surface area (Å²) in [6.07, 6.45) is 9.01. The van der Waals surface area contributed by atoms with Crippen LogP contribution < -0.4 is 0 Å². The topological polar surface area (TPSA) is 12.9 Å². The Balaban J connectivity index is 2.11. The lowest BCUT2D eigenvalue weighted by molar-refractivity contribution is 0.723. The summed E-state index contributed by atoms with van der Waals surface area (Å²) in [5.41, 5.74) is 0. The molecule has 2 heterocycles. The largest absolute Gasteiger partial charge is 0.263 e. The summed E-state index contributed by atoms with van der Waals surface area (Å²) >= 11 is 1.89. The fourth-order valence-corrected chi connectivity index (χ4v) is 2.68. The molecule has 2 aromatic heterocycles. The number of fused-ring (bicyclic) bond motifs is 1. The van der Waals surface area contributed by atoms with Crippen LogP contribution in [-0.4, -0.2) is 4.98 Å². The van der Waals surface area contributed by atoms with Gasteiger partial charge in [0, 0.05) is 17.3 Å². The van der Waals surface area contributed by atoms with Gasteiger partial charge in [0.05, 0.1) is 4.70 Å². The molecular weight excluding hydrogens is 190 g/mol. The van der Waals surface area contributed by atoms with Gasteiger partial charge in [-0.05, 0) is 30.4 Å². The van der Waals surface area contributed by atoms with Gasteiger partial charge < -0.3 is 0 Å². The first-order chi connectivity index (χ1) is 6.90. The fourth-order valence-electron chi connectivity index (χ4n) is 1.61. The number of rotatable bonds is 4. The van der Waals surface area contributed by atoms with Crippen molar-refractivity contribution in [2.24, 2.45) is 0 Å². The van der Waals surface area contributed by atoms with Gasteiger partial charge in [-0.15, -0.1) is 11.3 Å². The number of nitrogens with zero attached hydrogens (tertiary/aromatic N) is 1. The van der Waals surface area contributed by atoms with Crippen molar-refractivity contribution in [2.45, 2.75) is 32.6 Å². The van der Waals surface area contributed by atoms with E-state index in [2.05, 4.69) is 24.0 Å². The summed E-state index contributed by atoms with van der Waals surface area (Å²) in [6, 6.07) is 4.40. The third-order valence-electron chi connectivity index (χ3n) is 2.40. The highest BCUT2D eigenvalue weighted by Crippen LogP contribution is 2.25. The zero-order valence-electron chi connectivity index (χ0n) is 8.49. The summed E-state index contributed by atoms with van der Waals surface area (Å²) in [6.45, 7) is 2.24. The molecule has 0 fully saturated rings. The maximum absolute atomic E-state index is 4.13. The van der Waals surface area contributed by atoms with E-state index in [1.165, 1.54) is 40.6 Å². The average molecular weight is 205 g/mol. The number of hydrogen-bond acceptors (Lipinski definition) is 2. The van der Waals surface area contributed by atoms with Crippen LogP contribution in [0.5, 0.6) is 0 Å². The van der Waals surface area contributed by atoms with Crippen LogP contribution in [0.2, 0.25) is 0 Å². The summed E-state index contributed by atoms with van der Waals surface area (Å²) in [7, 11) is 0. The lowest BCUT2D eigenvalue weighted by Crippen LogP contribution is -1.78. The van der Waals surface area contributed by atoms with Crippen LogP contribution in [0.3, 0.4) is 0 Å². The molecule has 74 valence electrons. The van der Waals surface area contributed by atoms with E-state index in [9.17, 15) is 0 Å². The minimum absolute atomic E-state index is 1.23. The molecule has 0 aliphatic rings. The molecule has 14 heavy (non-hydrogen) atoms. The average Bonchev–Trinajstić information content (AvgIpc) is 2.60. The SMILES string of the molecule is CCCCCc1cc2ccncc2s1.